The number of carbonyl (C=O) groups is 1. The summed E-state index contributed by atoms with van der Waals surface area (Å²) < 4.78 is 0. The van der Waals surface area contributed by atoms with Crippen LogP contribution in [0.1, 0.15) is 51.5 Å². The molecular weight excluding hydrogens is 236 g/mol. The summed E-state index contributed by atoms with van der Waals surface area (Å²) in [7, 11) is 0. The molecule has 1 aliphatic rings. The zero-order valence-electron chi connectivity index (χ0n) is 12.0. The van der Waals surface area contributed by atoms with Crippen molar-refractivity contribution >= 4 is 17.3 Å². The molecule has 0 spiro atoms. The number of para-hydroxylation sites is 1. The quantitative estimate of drug-likeness (QED) is 0.787. The van der Waals surface area contributed by atoms with Crippen molar-refractivity contribution in [2.45, 2.75) is 58.4 Å². The Morgan fingerprint density at radius 3 is 3.05 bits per heavy atom. The molecule has 3 heteroatoms. The van der Waals surface area contributed by atoms with E-state index in [4.69, 9.17) is 0 Å². The molecule has 0 aromatic heterocycles. The van der Waals surface area contributed by atoms with E-state index >= 15 is 0 Å². The van der Waals surface area contributed by atoms with Crippen LogP contribution < -0.4 is 10.6 Å². The molecule has 2 N–H and O–H groups in total. The molecule has 2 rings (SSSR count). The van der Waals surface area contributed by atoms with Gasteiger partial charge >= 0.3 is 0 Å². The van der Waals surface area contributed by atoms with E-state index in [2.05, 4.69) is 30.5 Å². The zero-order valence-corrected chi connectivity index (χ0v) is 12.0. The summed E-state index contributed by atoms with van der Waals surface area (Å²) in [6.45, 7) is 4.33. The van der Waals surface area contributed by atoms with Gasteiger partial charge in [-0.2, -0.15) is 0 Å². The van der Waals surface area contributed by atoms with E-state index in [-0.39, 0.29) is 5.91 Å². The van der Waals surface area contributed by atoms with Gasteiger partial charge in [0.15, 0.2) is 0 Å². The van der Waals surface area contributed by atoms with Crippen LogP contribution in [-0.4, -0.2) is 11.9 Å². The monoisotopic (exact) mass is 260 g/mol. The van der Waals surface area contributed by atoms with E-state index in [0.29, 0.717) is 12.5 Å². The molecule has 3 nitrogen and oxygen atoms in total. The van der Waals surface area contributed by atoms with Crippen molar-refractivity contribution in [1.29, 1.82) is 0 Å². The molecule has 0 saturated heterocycles. The normalized spacial score (nSPS) is 17.5. The molecule has 1 atom stereocenters. The first kappa shape index (κ1) is 13.9. The number of unbranched alkanes of at least 4 members (excludes halogenated alkanes) is 2. The van der Waals surface area contributed by atoms with Gasteiger partial charge in [0.05, 0.1) is 11.4 Å². The molecule has 0 radical (unpaired) electrons. The van der Waals surface area contributed by atoms with Gasteiger partial charge < -0.3 is 10.6 Å². The van der Waals surface area contributed by atoms with Crippen molar-refractivity contribution in [3.8, 4) is 0 Å². The highest BCUT2D eigenvalue weighted by atomic mass is 16.1. The number of rotatable bonds is 5. The van der Waals surface area contributed by atoms with Crippen LogP contribution in [0, 0.1) is 0 Å². The molecule has 1 amide bonds. The third kappa shape index (κ3) is 3.72. The van der Waals surface area contributed by atoms with E-state index in [1.807, 2.05) is 12.1 Å². The number of amides is 1. The minimum atomic E-state index is 0.127. The first-order valence-electron chi connectivity index (χ1n) is 7.39. The second-order valence-corrected chi connectivity index (χ2v) is 5.43. The van der Waals surface area contributed by atoms with Crippen molar-refractivity contribution < 1.29 is 4.79 Å². The van der Waals surface area contributed by atoms with E-state index in [9.17, 15) is 4.79 Å². The maximum Gasteiger partial charge on any atom is 0.224 e. The first-order chi connectivity index (χ1) is 9.20. The van der Waals surface area contributed by atoms with E-state index < -0.39 is 0 Å². The van der Waals surface area contributed by atoms with Gasteiger partial charge in [0.1, 0.15) is 0 Å². The van der Waals surface area contributed by atoms with Gasteiger partial charge in [0, 0.05) is 12.5 Å². The zero-order chi connectivity index (χ0) is 13.7. The molecule has 0 bridgehead atoms. The van der Waals surface area contributed by atoms with Crippen LogP contribution in [0.15, 0.2) is 18.2 Å². The van der Waals surface area contributed by atoms with Crippen molar-refractivity contribution in [1.82, 2.24) is 0 Å². The Balaban J connectivity index is 2.02. The first-order valence-corrected chi connectivity index (χ1v) is 7.39. The Labute approximate surface area is 115 Å². The third-order valence-electron chi connectivity index (χ3n) is 3.67. The number of fused-ring (bicyclic) bond motifs is 1. The maximum atomic E-state index is 11.9. The number of carbonyl (C=O) groups excluding carboxylic acids is 1. The highest BCUT2D eigenvalue weighted by Crippen LogP contribution is 2.32. The minimum absolute atomic E-state index is 0.127. The van der Waals surface area contributed by atoms with Gasteiger partial charge in [-0.15, -0.1) is 0 Å². The van der Waals surface area contributed by atoms with Crippen molar-refractivity contribution in [2.24, 2.45) is 0 Å². The average Bonchev–Trinajstić information content (AvgIpc) is 2.40. The van der Waals surface area contributed by atoms with E-state index in [1.165, 1.54) is 5.56 Å². The molecule has 0 saturated carbocycles. The van der Waals surface area contributed by atoms with Gasteiger partial charge in [0.25, 0.3) is 0 Å². The van der Waals surface area contributed by atoms with Gasteiger partial charge in [-0.3, -0.25) is 4.79 Å². The molecule has 0 fully saturated rings. The van der Waals surface area contributed by atoms with E-state index in [1.54, 1.807) is 0 Å². The minimum Gasteiger partial charge on any atom is -0.381 e. The fraction of sp³-hybridized carbons (Fsp3) is 0.562. The second kappa shape index (κ2) is 6.60. The van der Waals surface area contributed by atoms with Crippen molar-refractivity contribution in [2.75, 3.05) is 10.6 Å². The SMILES string of the molecule is CCCCCC(=O)Nc1cccc2c1NC(C)CC2. The molecule has 1 heterocycles. The molecule has 1 aromatic rings. The Hall–Kier alpha value is -1.51. The summed E-state index contributed by atoms with van der Waals surface area (Å²) in [6, 6.07) is 6.63. The summed E-state index contributed by atoms with van der Waals surface area (Å²) in [5.74, 6) is 0.127. The van der Waals surface area contributed by atoms with Crippen LogP contribution in [-0.2, 0) is 11.2 Å². The summed E-state index contributed by atoms with van der Waals surface area (Å²) in [4.78, 5) is 11.9. The number of nitrogens with one attached hydrogen (secondary N) is 2. The highest BCUT2D eigenvalue weighted by Gasteiger charge is 2.17. The largest absolute Gasteiger partial charge is 0.381 e. The lowest BCUT2D eigenvalue weighted by atomic mass is 9.98. The maximum absolute atomic E-state index is 11.9. The molecule has 1 unspecified atom stereocenters. The van der Waals surface area contributed by atoms with Crippen molar-refractivity contribution in [3.63, 3.8) is 0 Å². The fourth-order valence-electron chi connectivity index (χ4n) is 2.52. The van der Waals surface area contributed by atoms with Gasteiger partial charge in [-0.05, 0) is 37.8 Å². The van der Waals surface area contributed by atoms with Crippen LogP contribution in [0.4, 0.5) is 11.4 Å². The summed E-state index contributed by atoms with van der Waals surface area (Å²) in [6.07, 6.45) is 6.10. The van der Waals surface area contributed by atoms with E-state index in [0.717, 1.165) is 43.5 Å². The molecule has 1 aromatic carbocycles. The van der Waals surface area contributed by atoms with Crippen LogP contribution in [0.2, 0.25) is 0 Å². The smallest absolute Gasteiger partial charge is 0.224 e. The predicted molar refractivity (Wildman–Crippen MR) is 80.6 cm³/mol. The third-order valence-corrected chi connectivity index (χ3v) is 3.67. The number of aryl methyl sites for hydroxylation is 1. The lowest BCUT2D eigenvalue weighted by Crippen LogP contribution is -2.24. The molecule has 104 valence electrons. The van der Waals surface area contributed by atoms with Crippen LogP contribution in [0.5, 0.6) is 0 Å². The Kier molecular flexibility index (Phi) is 4.83. The number of benzene rings is 1. The summed E-state index contributed by atoms with van der Waals surface area (Å²) >= 11 is 0. The Morgan fingerprint density at radius 2 is 2.26 bits per heavy atom. The average molecular weight is 260 g/mol. The lowest BCUT2D eigenvalue weighted by Gasteiger charge is -2.26. The number of hydrogen-bond donors (Lipinski definition) is 2. The Morgan fingerprint density at radius 1 is 1.42 bits per heavy atom. The van der Waals surface area contributed by atoms with Crippen molar-refractivity contribution in [3.05, 3.63) is 23.8 Å². The molecular formula is C16H24N2O. The lowest BCUT2D eigenvalue weighted by molar-refractivity contribution is -0.116. The Bertz CT molecular complexity index is 442. The molecule has 19 heavy (non-hydrogen) atoms. The molecule has 0 aliphatic carbocycles. The molecule has 1 aliphatic heterocycles. The second-order valence-electron chi connectivity index (χ2n) is 5.43. The van der Waals surface area contributed by atoms with Gasteiger partial charge in [-0.25, -0.2) is 0 Å². The standard InChI is InChI=1S/C16H24N2O/c1-3-4-5-9-15(19)18-14-8-6-7-13-11-10-12(2)17-16(13)14/h6-8,12,17H,3-5,9-11H2,1-2H3,(H,18,19). The topological polar surface area (TPSA) is 41.1 Å². The predicted octanol–water partition coefficient (Wildman–Crippen LogP) is 3.95. The van der Waals surface area contributed by atoms with Crippen LogP contribution >= 0.6 is 0 Å². The summed E-state index contributed by atoms with van der Waals surface area (Å²) in [5, 5.41) is 6.53. The van der Waals surface area contributed by atoms with Crippen LogP contribution in [0.25, 0.3) is 0 Å². The number of anilines is 2. The highest BCUT2D eigenvalue weighted by molar-refractivity contribution is 5.95. The van der Waals surface area contributed by atoms with Gasteiger partial charge in [-0.1, -0.05) is 31.9 Å². The summed E-state index contributed by atoms with van der Waals surface area (Å²) in [5.41, 5.74) is 3.36. The fourth-order valence-corrected chi connectivity index (χ4v) is 2.52. The number of hydrogen-bond acceptors (Lipinski definition) is 2. The van der Waals surface area contributed by atoms with Crippen LogP contribution in [0.3, 0.4) is 0 Å². The van der Waals surface area contributed by atoms with Gasteiger partial charge in [0.2, 0.25) is 5.91 Å².